The van der Waals surface area contributed by atoms with Crippen molar-refractivity contribution in [3.05, 3.63) is 47.5 Å². The number of thiazole rings is 1. The van der Waals surface area contributed by atoms with Gasteiger partial charge in [-0.3, -0.25) is 9.69 Å². The molecule has 4 aromatic rings. The maximum Gasteiger partial charge on any atom is 0.319 e. The van der Waals surface area contributed by atoms with Crippen LogP contribution < -0.4 is 15.4 Å². The topological polar surface area (TPSA) is 101 Å². The van der Waals surface area contributed by atoms with Crippen LogP contribution in [0.4, 0.5) is 28.5 Å². The second kappa shape index (κ2) is 11.1. The minimum atomic E-state index is -2.85. The van der Waals surface area contributed by atoms with E-state index in [9.17, 15) is 18.0 Å². The fourth-order valence-corrected chi connectivity index (χ4v) is 6.65. The van der Waals surface area contributed by atoms with Gasteiger partial charge in [0.2, 0.25) is 5.91 Å². The number of likely N-dealkylation sites (tertiary alicyclic amines) is 1. The minimum absolute atomic E-state index is 0.0123. The Bertz CT molecular complexity index is 1760. The summed E-state index contributed by atoms with van der Waals surface area (Å²) in [5.74, 6) is -4.12. The zero-order valence-corrected chi connectivity index (χ0v) is 24.5. The number of alkyl halides is 2. The molecule has 4 heterocycles. The van der Waals surface area contributed by atoms with Gasteiger partial charge in [-0.15, -0.1) is 0 Å². The van der Waals surface area contributed by atoms with Crippen LogP contribution in [0.15, 0.2) is 30.9 Å². The number of fused-ring (bicyclic) bond motifs is 2. The van der Waals surface area contributed by atoms with Crippen LogP contribution in [-0.2, 0) is 4.79 Å². The number of nitrogens with two attached hydrogens (primary N) is 1. The molecular weight excluding hydrogens is 610 g/mol. The summed E-state index contributed by atoms with van der Waals surface area (Å²) in [7, 11) is 1.58. The van der Waals surface area contributed by atoms with Crippen molar-refractivity contribution in [2.45, 2.75) is 18.4 Å². The molecule has 2 aromatic heterocycles. The molecule has 0 aliphatic carbocycles. The highest BCUT2D eigenvalue weighted by molar-refractivity contribution is 7.22. The van der Waals surface area contributed by atoms with E-state index in [0.717, 1.165) is 11.3 Å². The molecule has 2 fully saturated rings. The van der Waals surface area contributed by atoms with E-state index in [1.165, 1.54) is 29.2 Å². The van der Waals surface area contributed by atoms with Gasteiger partial charge in [0.05, 0.1) is 21.8 Å². The largest absolute Gasteiger partial charge is 0.462 e. The van der Waals surface area contributed by atoms with Gasteiger partial charge in [0, 0.05) is 55.2 Å². The Kier molecular flexibility index (Phi) is 7.55. The van der Waals surface area contributed by atoms with Crippen LogP contribution in [0.1, 0.15) is 6.42 Å². The number of nitrogens with zero attached hydrogens (tertiary/aromatic N) is 6. The van der Waals surface area contributed by atoms with Gasteiger partial charge in [0.1, 0.15) is 23.8 Å². The number of hydrogen-bond donors (Lipinski definition) is 1. The molecule has 0 saturated carbocycles. The van der Waals surface area contributed by atoms with Crippen molar-refractivity contribution >= 4 is 60.9 Å². The summed E-state index contributed by atoms with van der Waals surface area (Å²) in [6, 6.07) is 3.28. The third kappa shape index (κ3) is 5.43. The minimum Gasteiger partial charge on any atom is -0.462 e. The molecule has 2 N–H and O–H groups in total. The number of benzene rings is 2. The number of hydrogen-bond acceptors (Lipinski definition) is 9. The predicted molar refractivity (Wildman–Crippen MR) is 158 cm³/mol. The van der Waals surface area contributed by atoms with Crippen LogP contribution in [0.3, 0.4) is 0 Å². The number of likely N-dealkylation sites (N-methyl/N-ethyl adjacent to an activating group) is 1. The molecule has 0 unspecified atom stereocenters. The molecule has 2 aliphatic heterocycles. The maximum absolute atomic E-state index is 16.5. The zero-order chi connectivity index (χ0) is 30.6. The van der Waals surface area contributed by atoms with Gasteiger partial charge in [-0.1, -0.05) is 29.5 Å². The number of carbonyl (C=O) groups is 1. The average molecular weight is 636 g/mol. The van der Waals surface area contributed by atoms with Crippen molar-refractivity contribution in [2.75, 3.05) is 57.0 Å². The average Bonchev–Trinajstić information content (AvgIpc) is 3.50. The monoisotopic (exact) mass is 635 g/mol. The second-order valence-corrected chi connectivity index (χ2v) is 12.0. The van der Waals surface area contributed by atoms with Crippen LogP contribution in [-0.4, -0.2) is 89.0 Å². The van der Waals surface area contributed by atoms with Crippen molar-refractivity contribution in [3.63, 3.8) is 0 Å². The summed E-state index contributed by atoms with van der Waals surface area (Å²) in [6.07, 6.45) is 0.846. The van der Waals surface area contributed by atoms with Gasteiger partial charge in [0.25, 0.3) is 5.92 Å². The number of piperazine rings is 1. The third-order valence-corrected chi connectivity index (χ3v) is 8.92. The molecule has 2 aromatic carbocycles. The molecular formula is C28H26ClF4N7O2S. The van der Waals surface area contributed by atoms with Crippen molar-refractivity contribution in [2.24, 2.45) is 0 Å². The van der Waals surface area contributed by atoms with Crippen LogP contribution in [0, 0.1) is 11.6 Å². The van der Waals surface area contributed by atoms with Gasteiger partial charge in [-0.2, -0.15) is 9.97 Å². The fraction of sp³-hybridized carbons (Fsp3) is 0.357. The Labute approximate surface area is 252 Å². The first kappa shape index (κ1) is 29.3. The molecule has 1 amide bonds. The summed E-state index contributed by atoms with van der Waals surface area (Å²) in [4.78, 5) is 30.2. The Morgan fingerprint density at radius 3 is 2.63 bits per heavy atom. The van der Waals surface area contributed by atoms with E-state index in [1.807, 2.05) is 4.90 Å². The van der Waals surface area contributed by atoms with E-state index < -0.39 is 36.6 Å². The van der Waals surface area contributed by atoms with Gasteiger partial charge in [0.15, 0.2) is 10.9 Å². The number of nitrogen functional groups attached to an aromatic ring is 1. The first-order chi connectivity index (χ1) is 20.5. The quantitative estimate of drug-likeness (QED) is 0.234. The molecule has 15 heteroatoms. The number of carbonyl (C=O) groups excluding carboxylic acids is 1. The lowest BCUT2D eigenvalue weighted by molar-refractivity contribution is -0.126. The van der Waals surface area contributed by atoms with Crippen molar-refractivity contribution in [1.82, 2.24) is 24.8 Å². The van der Waals surface area contributed by atoms with E-state index in [-0.39, 0.29) is 60.9 Å². The standard InChI is InChI=1S/C28H26ClF4N7O2S/c1-3-19(41)39-6-8-40(9-7-39)25-16-10-17(29)20(15-4-5-18(30)24-23(15)35-26(34)43-24)21(31)22(16)36-27(37-25)42-12-14-11-28(32,33)13-38(14)2/h3-5,10,14H,1,6-9,11-13H2,2H3,(H2,34,35)/t14-/m0/s1. The number of anilines is 2. The summed E-state index contributed by atoms with van der Waals surface area (Å²) in [5, 5.41) is 0.400. The second-order valence-electron chi connectivity index (χ2n) is 10.6. The number of aromatic nitrogens is 3. The predicted octanol–water partition coefficient (Wildman–Crippen LogP) is 4.97. The molecule has 0 radical (unpaired) electrons. The Morgan fingerprint density at radius 2 is 1.95 bits per heavy atom. The van der Waals surface area contributed by atoms with Gasteiger partial charge >= 0.3 is 6.01 Å². The molecule has 6 rings (SSSR count). The number of rotatable bonds is 6. The van der Waals surface area contributed by atoms with E-state index in [0.29, 0.717) is 32.0 Å². The van der Waals surface area contributed by atoms with Crippen molar-refractivity contribution < 1.29 is 27.1 Å². The first-order valence-electron chi connectivity index (χ1n) is 13.4. The van der Waals surface area contributed by atoms with Gasteiger partial charge in [-0.05, 0) is 31.3 Å². The highest BCUT2D eigenvalue weighted by atomic mass is 35.5. The Morgan fingerprint density at radius 1 is 1.21 bits per heavy atom. The van der Waals surface area contributed by atoms with E-state index >= 15 is 4.39 Å². The summed E-state index contributed by atoms with van der Waals surface area (Å²) in [5.41, 5.74) is 6.03. The van der Waals surface area contributed by atoms with Crippen molar-refractivity contribution in [1.29, 1.82) is 0 Å². The van der Waals surface area contributed by atoms with Crippen LogP contribution in [0.2, 0.25) is 5.02 Å². The number of amides is 1. The lowest BCUT2D eigenvalue weighted by atomic mass is 10.0. The third-order valence-electron chi connectivity index (χ3n) is 7.73. The molecule has 9 nitrogen and oxygen atoms in total. The van der Waals surface area contributed by atoms with Crippen LogP contribution >= 0.6 is 22.9 Å². The zero-order valence-electron chi connectivity index (χ0n) is 22.9. The highest BCUT2D eigenvalue weighted by Crippen LogP contribution is 2.43. The normalized spacial score (nSPS) is 19.0. The van der Waals surface area contributed by atoms with Gasteiger partial charge in [-0.25, -0.2) is 22.5 Å². The molecule has 2 aliphatic rings. The molecule has 226 valence electrons. The summed E-state index contributed by atoms with van der Waals surface area (Å²) in [6.45, 7) is 4.44. The molecule has 0 bridgehead atoms. The Balaban J connectivity index is 1.45. The van der Waals surface area contributed by atoms with Crippen molar-refractivity contribution in [3.8, 4) is 17.1 Å². The van der Waals surface area contributed by atoms with Crippen LogP contribution in [0.25, 0.3) is 32.2 Å². The lowest BCUT2D eigenvalue weighted by Gasteiger charge is -2.35. The molecule has 43 heavy (non-hydrogen) atoms. The molecule has 0 spiro atoms. The van der Waals surface area contributed by atoms with E-state index in [1.54, 1.807) is 11.9 Å². The molecule has 2 saturated heterocycles. The SMILES string of the molecule is C=CC(=O)N1CCN(c2nc(OC[C@@H]3CC(F)(F)CN3C)nc3c(F)c(-c4ccc(F)c5sc(N)nc45)c(Cl)cc23)CC1. The van der Waals surface area contributed by atoms with E-state index in [2.05, 4.69) is 21.5 Å². The highest BCUT2D eigenvalue weighted by Gasteiger charge is 2.43. The fourth-order valence-electron chi connectivity index (χ4n) is 5.59. The smallest absolute Gasteiger partial charge is 0.319 e. The van der Waals surface area contributed by atoms with Gasteiger partial charge < -0.3 is 20.3 Å². The Hall–Kier alpha value is -3.75. The maximum atomic E-state index is 16.5. The first-order valence-corrected chi connectivity index (χ1v) is 14.6. The lowest BCUT2D eigenvalue weighted by Crippen LogP contribution is -2.48. The van der Waals surface area contributed by atoms with Crippen LogP contribution in [0.5, 0.6) is 6.01 Å². The van der Waals surface area contributed by atoms with E-state index in [4.69, 9.17) is 22.1 Å². The summed E-state index contributed by atoms with van der Waals surface area (Å²) >= 11 is 7.61. The number of halogens is 5. The number of ether oxygens (including phenoxy) is 1. The molecule has 1 atom stereocenters. The summed E-state index contributed by atoms with van der Waals surface area (Å²) < 4.78 is 64.9.